The number of carbonyl (C=O) groups excluding carboxylic acids is 1. The Morgan fingerprint density at radius 1 is 1.38 bits per heavy atom. The summed E-state index contributed by atoms with van der Waals surface area (Å²) >= 11 is 6.33. The van der Waals surface area contributed by atoms with Crippen molar-refractivity contribution in [2.75, 3.05) is 6.61 Å². The number of halogens is 1. The molecule has 0 saturated heterocycles. The van der Waals surface area contributed by atoms with Crippen molar-refractivity contribution in [2.24, 2.45) is 0 Å². The van der Waals surface area contributed by atoms with Crippen LogP contribution in [0.1, 0.15) is 51.9 Å². The highest BCUT2D eigenvalue weighted by Crippen LogP contribution is 2.32. The maximum atomic E-state index is 12.2. The van der Waals surface area contributed by atoms with Gasteiger partial charge in [0.1, 0.15) is 11.7 Å². The molecule has 4 nitrogen and oxygen atoms in total. The lowest BCUT2D eigenvalue weighted by atomic mass is 10.1. The van der Waals surface area contributed by atoms with E-state index in [2.05, 4.69) is 18.8 Å². The first-order valence-electron chi connectivity index (χ1n) is 7.34. The third-order valence-corrected chi connectivity index (χ3v) is 3.80. The zero-order valence-electron chi connectivity index (χ0n) is 12.9. The Kier molecular flexibility index (Phi) is 4.88. The van der Waals surface area contributed by atoms with Crippen LogP contribution in [0.4, 0.5) is 0 Å². The molecule has 0 bridgehead atoms. The van der Waals surface area contributed by atoms with E-state index in [0.717, 1.165) is 16.9 Å². The highest BCUT2D eigenvalue weighted by atomic mass is 35.5. The first-order valence-corrected chi connectivity index (χ1v) is 7.72. The van der Waals surface area contributed by atoms with E-state index in [9.17, 15) is 4.79 Å². The Hall–Kier alpha value is -1.55. The molecule has 0 spiro atoms. The maximum absolute atomic E-state index is 12.2. The van der Waals surface area contributed by atoms with Gasteiger partial charge in [-0.1, -0.05) is 24.6 Å². The van der Waals surface area contributed by atoms with Crippen LogP contribution in [0.15, 0.2) is 18.2 Å². The van der Waals surface area contributed by atoms with E-state index < -0.39 is 0 Å². The zero-order chi connectivity index (χ0) is 15.6. The number of hydrogen-bond donors (Lipinski definition) is 0. The van der Waals surface area contributed by atoms with Crippen LogP contribution in [0.25, 0.3) is 11.0 Å². The average molecular weight is 309 g/mol. The Morgan fingerprint density at radius 3 is 2.67 bits per heavy atom. The van der Waals surface area contributed by atoms with Crippen molar-refractivity contribution in [1.82, 2.24) is 9.55 Å². The van der Waals surface area contributed by atoms with Gasteiger partial charge in [0.2, 0.25) is 0 Å². The number of esters is 1. The fraction of sp³-hybridized carbons (Fsp3) is 0.500. The van der Waals surface area contributed by atoms with Crippen LogP contribution >= 0.6 is 11.6 Å². The molecule has 0 fully saturated rings. The molecule has 114 valence electrons. The van der Waals surface area contributed by atoms with Crippen LogP contribution in [0.2, 0.25) is 5.02 Å². The van der Waals surface area contributed by atoms with Crippen LogP contribution in [0, 0.1) is 0 Å². The minimum atomic E-state index is -0.365. The monoisotopic (exact) mass is 308 g/mol. The Bertz CT molecular complexity index is 649. The fourth-order valence-corrected chi connectivity index (χ4v) is 2.85. The van der Waals surface area contributed by atoms with Gasteiger partial charge >= 0.3 is 5.97 Å². The smallest absolute Gasteiger partial charge is 0.316 e. The number of imidazole rings is 1. The predicted molar refractivity (Wildman–Crippen MR) is 84.8 cm³/mol. The summed E-state index contributed by atoms with van der Waals surface area (Å²) in [4.78, 5) is 16.8. The topological polar surface area (TPSA) is 44.1 Å². The van der Waals surface area contributed by atoms with Gasteiger partial charge in [0.05, 0.1) is 22.7 Å². The molecule has 1 atom stereocenters. The van der Waals surface area contributed by atoms with Gasteiger partial charge in [-0.25, -0.2) is 4.98 Å². The molecule has 1 unspecified atom stereocenters. The quantitative estimate of drug-likeness (QED) is 0.772. The Morgan fingerprint density at radius 2 is 2.10 bits per heavy atom. The summed E-state index contributed by atoms with van der Waals surface area (Å²) in [5.41, 5.74) is 1.70. The summed E-state index contributed by atoms with van der Waals surface area (Å²) in [7, 11) is 0. The maximum Gasteiger partial charge on any atom is 0.316 e. The second-order valence-corrected chi connectivity index (χ2v) is 5.66. The van der Waals surface area contributed by atoms with Gasteiger partial charge in [0, 0.05) is 6.04 Å². The molecule has 1 heterocycles. The number of hydrogen-bond acceptors (Lipinski definition) is 3. The highest BCUT2D eigenvalue weighted by molar-refractivity contribution is 6.35. The van der Waals surface area contributed by atoms with Crippen LogP contribution in [0.5, 0.6) is 0 Å². The lowest BCUT2D eigenvalue weighted by Crippen LogP contribution is -2.20. The van der Waals surface area contributed by atoms with Crippen LogP contribution in [0.3, 0.4) is 0 Å². The molecule has 0 aliphatic heterocycles. The molecule has 2 rings (SSSR count). The summed E-state index contributed by atoms with van der Waals surface area (Å²) in [5, 5.41) is 0.652. The Balaban J connectivity index is 2.64. The van der Waals surface area contributed by atoms with Crippen LogP contribution in [-0.2, 0) is 9.53 Å². The zero-order valence-corrected chi connectivity index (χ0v) is 13.6. The third kappa shape index (κ3) is 2.91. The number of carbonyl (C=O) groups is 1. The van der Waals surface area contributed by atoms with Gasteiger partial charge in [0.15, 0.2) is 0 Å². The van der Waals surface area contributed by atoms with Crippen LogP contribution in [-0.4, -0.2) is 22.1 Å². The number of benzene rings is 1. The number of fused-ring (bicyclic) bond motifs is 1. The number of ether oxygens (including phenoxy) is 1. The highest BCUT2D eigenvalue weighted by Gasteiger charge is 2.28. The number of rotatable bonds is 5. The lowest BCUT2D eigenvalue weighted by molar-refractivity contribution is -0.145. The summed E-state index contributed by atoms with van der Waals surface area (Å²) in [6.07, 6.45) is 0.645. The molecule has 5 heteroatoms. The van der Waals surface area contributed by atoms with E-state index in [1.54, 1.807) is 0 Å². The van der Waals surface area contributed by atoms with Crippen molar-refractivity contribution in [3.8, 4) is 0 Å². The molecule has 2 aromatic rings. The molecule has 0 saturated carbocycles. The largest absolute Gasteiger partial charge is 0.465 e. The normalized spacial score (nSPS) is 12.9. The minimum Gasteiger partial charge on any atom is -0.465 e. The fourth-order valence-electron chi connectivity index (χ4n) is 2.59. The van der Waals surface area contributed by atoms with Gasteiger partial charge in [0.25, 0.3) is 0 Å². The van der Waals surface area contributed by atoms with Crippen molar-refractivity contribution in [3.05, 3.63) is 29.0 Å². The molecule has 0 aliphatic rings. The Labute approximate surface area is 130 Å². The van der Waals surface area contributed by atoms with E-state index in [4.69, 9.17) is 16.3 Å². The van der Waals surface area contributed by atoms with Gasteiger partial charge in [-0.05, 0) is 39.3 Å². The van der Waals surface area contributed by atoms with E-state index in [-0.39, 0.29) is 17.9 Å². The molecule has 21 heavy (non-hydrogen) atoms. The standard InChI is InChI=1S/C16H21ClN2O2/c1-5-11(16(20)21-6-2)15-18-13-9-7-8-12(17)14(13)19(15)10(3)4/h7-11H,5-6H2,1-4H3. The minimum absolute atomic E-state index is 0.161. The van der Waals surface area contributed by atoms with Gasteiger partial charge < -0.3 is 9.30 Å². The SMILES string of the molecule is CCOC(=O)C(CC)c1nc2cccc(Cl)c2n1C(C)C. The van der Waals surface area contributed by atoms with E-state index in [1.165, 1.54) is 0 Å². The summed E-state index contributed by atoms with van der Waals surface area (Å²) in [6, 6.07) is 5.80. The van der Waals surface area contributed by atoms with Crippen LogP contribution < -0.4 is 0 Å². The van der Waals surface area contributed by atoms with Crippen molar-refractivity contribution in [3.63, 3.8) is 0 Å². The van der Waals surface area contributed by atoms with E-state index >= 15 is 0 Å². The molecular formula is C16H21ClN2O2. The van der Waals surface area contributed by atoms with Crippen molar-refractivity contribution in [2.45, 2.75) is 46.1 Å². The lowest BCUT2D eigenvalue weighted by Gasteiger charge is -2.18. The molecule has 0 N–H and O–H groups in total. The van der Waals surface area contributed by atoms with E-state index in [1.807, 2.05) is 36.6 Å². The first-order chi connectivity index (χ1) is 10.0. The third-order valence-electron chi connectivity index (χ3n) is 3.50. The molecular weight excluding hydrogens is 288 g/mol. The average Bonchev–Trinajstić information content (AvgIpc) is 2.80. The number of aromatic nitrogens is 2. The van der Waals surface area contributed by atoms with Crippen molar-refractivity contribution in [1.29, 1.82) is 0 Å². The molecule has 0 amide bonds. The number of nitrogens with zero attached hydrogens (tertiary/aromatic N) is 2. The van der Waals surface area contributed by atoms with Crippen molar-refractivity contribution < 1.29 is 9.53 Å². The predicted octanol–water partition coefficient (Wildman–Crippen LogP) is 4.33. The molecule has 0 radical (unpaired) electrons. The van der Waals surface area contributed by atoms with Gasteiger partial charge in [-0.3, -0.25) is 4.79 Å². The second kappa shape index (κ2) is 6.48. The number of para-hydroxylation sites is 1. The second-order valence-electron chi connectivity index (χ2n) is 5.25. The summed E-state index contributed by atoms with van der Waals surface area (Å²) in [5.74, 6) is 0.137. The molecule has 1 aromatic heterocycles. The van der Waals surface area contributed by atoms with Gasteiger partial charge in [-0.15, -0.1) is 0 Å². The molecule has 1 aromatic carbocycles. The van der Waals surface area contributed by atoms with E-state index in [0.29, 0.717) is 18.1 Å². The summed E-state index contributed by atoms with van der Waals surface area (Å²) < 4.78 is 7.23. The molecule has 0 aliphatic carbocycles. The van der Waals surface area contributed by atoms with Crippen molar-refractivity contribution >= 4 is 28.6 Å². The summed E-state index contributed by atoms with van der Waals surface area (Å²) in [6.45, 7) is 8.27. The first kappa shape index (κ1) is 15.8. The van der Waals surface area contributed by atoms with Gasteiger partial charge in [-0.2, -0.15) is 0 Å².